The second-order valence-corrected chi connectivity index (χ2v) is 4.92. The topological polar surface area (TPSA) is 47.6 Å². The van der Waals surface area contributed by atoms with Crippen LogP contribution in [0, 0.1) is 5.82 Å². The first-order valence-electron chi connectivity index (χ1n) is 6.56. The van der Waals surface area contributed by atoms with Crippen LogP contribution in [0.2, 0.25) is 5.02 Å². The minimum Gasteiger partial charge on any atom is -0.494 e. The van der Waals surface area contributed by atoms with Gasteiger partial charge in [0.15, 0.2) is 18.2 Å². The summed E-state index contributed by atoms with van der Waals surface area (Å²) < 4.78 is 23.6. The smallest absolute Gasteiger partial charge is 0.258 e. The molecular formula is C16H15ClFNO3. The molecule has 0 fully saturated rings. The monoisotopic (exact) mass is 323 g/mol. The summed E-state index contributed by atoms with van der Waals surface area (Å²) in [5.74, 6) is -0.0472. The lowest BCUT2D eigenvalue weighted by atomic mass is 10.2. The summed E-state index contributed by atoms with van der Waals surface area (Å²) in [6, 6.07) is 11.2. The van der Waals surface area contributed by atoms with E-state index >= 15 is 0 Å². The van der Waals surface area contributed by atoms with E-state index in [0.717, 1.165) is 0 Å². The van der Waals surface area contributed by atoms with Gasteiger partial charge in [0.25, 0.3) is 5.91 Å². The SMILES string of the molecule is COc1ccc(CNC(=O)COc2ccc(Cl)cc2)cc1F. The Morgan fingerprint density at radius 3 is 2.59 bits per heavy atom. The summed E-state index contributed by atoms with van der Waals surface area (Å²) in [5.41, 5.74) is 0.637. The summed E-state index contributed by atoms with van der Waals surface area (Å²) in [7, 11) is 1.40. The molecule has 0 bridgehead atoms. The average Bonchev–Trinajstić information content (AvgIpc) is 2.52. The minimum absolute atomic E-state index is 0.125. The largest absolute Gasteiger partial charge is 0.494 e. The highest BCUT2D eigenvalue weighted by molar-refractivity contribution is 6.30. The Hall–Kier alpha value is -2.27. The highest BCUT2D eigenvalue weighted by Gasteiger charge is 2.06. The van der Waals surface area contributed by atoms with Crippen molar-refractivity contribution in [2.24, 2.45) is 0 Å². The van der Waals surface area contributed by atoms with Crippen LogP contribution in [-0.4, -0.2) is 19.6 Å². The van der Waals surface area contributed by atoms with Gasteiger partial charge in [-0.25, -0.2) is 4.39 Å². The van der Waals surface area contributed by atoms with Crippen molar-refractivity contribution in [2.75, 3.05) is 13.7 Å². The number of benzene rings is 2. The molecule has 0 spiro atoms. The van der Waals surface area contributed by atoms with E-state index in [4.69, 9.17) is 21.1 Å². The van der Waals surface area contributed by atoms with Gasteiger partial charge in [-0.3, -0.25) is 4.79 Å². The van der Waals surface area contributed by atoms with E-state index in [1.54, 1.807) is 30.3 Å². The third-order valence-corrected chi connectivity index (χ3v) is 3.14. The van der Waals surface area contributed by atoms with Gasteiger partial charge in [-0.15, -0.1) is 0 Å². The van der Waals surface area contributed by atoms with Crippen molar-refractivity contribution in [3.8, 4) is 11.5 Å². The van der Waals surface area contributed by atoms with E-state index in [1.807, 2.05) is 0 Å². The number of carbonyl (C=O) groups is 1. The van der Waals surface area contributed by atoms with Crippen molar-refractivity contribution in [2.45, 2.75) is 6.54 Å². The van der Waals surface area contributed by atoms with E-state index in [1.165, 1.54) is 19.2 Å². The third kappa shape index (κ3) is 4.63. The van der Waals surface area contributed by atoms with Crippen molar-refractivity contribution in [3.05, 3.63) is 58.9 Å². The maximum atomic E-state index is 13.5. The number of rotatable bonds is 6. The number of hydrogen-bond donors (Lipinski definition) is 1. The zero-order valence-corrected chi connectivity index (χ0v) is 12.7. The fourth-order valence-corrected chi connectivity index (χ4v) is 1.88. The number of amides is 1. The molecule has 22 heavy (non-hydrogen) atoms. The molecule has 2 rings (SSSR count). The molecule has 116 valence electrons. The molecule has 6 heteroatoms. The average molecular weight is 324 g/mol. The maximum Gasteiger partial charge on any atom is 0.258 e. The van der Waals surface area contributed by atoms with Crippen LogP contribution in [0.3, 0.4) is 0 Å². The van der Waals surface area contributed by atoms with E-state index in [-0.39, 0.29) is 24.8 Å². The molecule has 0 aliphatic heterocycles. The summed E-state index contributed by atoms with van der Waals surface area (Å²) in [4.78, 5) is 11.7. The van der Waals surface area contributed by atoms with Gasteiger partial charge >= 0.3 is 0 Å². The van der Waals surface area contributed by atoms with Gasteiger partial charge in [0.05, 0.1) is 7.11 Å². The molecule has 4 nitrogen and oxygen atoms in total. The van der Waals surface area contributed by atoms with Crippen molar-refractivity contribution >= 4 is 17.5 Å². The molecule has 2 aromatic carbocycles. The quantitative estimate of drug-likeness (QED) is 0.888. The van der Waals surface area contributed by atoms with Gasteiger partial charge in [0.1, 0.15) is 5.75 Å². The number of carbonyl (C=O) groups excluding carboxylic acids is 1. The summed E-state index contributed by atoms with van der Waals surface area (Å²) in [5, 5.41) is 3.24. The summed E-state index contributed by atoms with van der Waals surface area (Å²) in [6.45, 7) is 0.0873. The molecule has 0 aliphatic rings. The van der Waals surface area contributed by atoms with Crippen molar-refractivity contribution in [3.63, 3.8) is 0 Å². The lowest BCUT2D eigenvalue weighted by molar-refractivity contribution is -0.123. The molecule has 0 atom stereocenters. The van der Waals surface area contributed by atoms with Gasteiger partial charge in [-0.1, -0.05) is 17.7 Å². The van der Waals surface area contributed by atoms with Gasteiger partial charge < -0.3 is 14.8 Å². The lowest BCUT2D eigenvalue weighted by Gasteiger charge is -2.08. The highest BCUT2D eigenvalue weighted by Crippen LogP contribution is 2.17. The first-order chi connectivity index (χ1) is 10.6. The van der Waals surface area contributed by atoms with E-state index in [2.05, 4.69) is 5.32 Å². The first kappa shape index (κ1) is 16.1. The van der Waals surface area contributed by atoms with E-state index < -0.39 is 5.82 Å². The summed E-state index contributed by atoms with van der Waals surface area (Å²) >= 11 is 5.75. The molecule has 2 aromatic rings. The molecule has 1 N–H and O–H groups in total. The third-order valence-electron chi connectivity index (χ3n) is 2.89. The zero-order chi connectivity index (χ0) is 15.9. The summed E-state index contributed by atoms with van der Waals surface area (Å²) in [6.07, 6.45) is 0. The Balaban J connectivity index is 1.80. The first-order valence-corrected chi connectivity index (χ1v) is 6.94. The normalized spacial score (nSPS) is 10.1. The molecular weight excluding hydrogens is 309 g/mol. The fraction of sp³-hybridized carbons (Fsp3) is 0.188. The Morgan fingerprint density at radius 2 is 1.95 bits per heavy atom. The van der Waals surface area contributed by atoms with Crippen LogP contribution in [0.25, 0.3) is 0 Å². The van der Waals surface area contributed by atoms with Crippen LogP contribution in [0.5, 0.6) is 11.5 Å². The second-order valence-electron chi connectivity index (χ2n) is 4.49. The van der Waals surface area contributed by atoms with Crippen LogP contribution in [0.15, 0.2) is 42.5 Å². The van der Waals surface area contributed by atoms with Gasteiger partial charge in [-0.2, -0.15) is 0 Å². The number of halogens is 2. The van der Waals surface area contributed by atoms with E-state index in [0.29, 0.717) is 16.3 Å². The molecule has 0 heterocycles. The molecule has 0 radical (unpaired) electrons. The van der Waals surface area contributed by atoms with Crippen LogP contribution >= 0.6 is 11.6 Å². The standard InChI is InChI=1S/C16H15ClFNO3/c1-21-15-7-2-11(8-14(15)18)9-19-16(20)10-22-13-5-3-12(17)4-6-13/h2-8H,9-10H2,1H3,(H,19,20). The molecule has 0 aliphatic carbocycles. The van der Waals surface area contributed by atoms with Crippen molar-refractivity contribution < 1.29 is 18.7 Å². The van der Waals surface area contributed by atoms with Crippen LogP contribution in [0.1, 0.15) is 5.56 Å². The van der Waals surface area contributed by atoms with E-state index in [9.17, 15) is 9.18 Å². The minimum atomic E-state index is -0.466. The predicted molar refractivity (Wildman–Crippen MR) is 81.7 cm³/mol. The zero-order valence-electron chi connectivity index (χ0n) is 11.9. The van der Waals surface area contributed by atoms with Crippen LogP contribution in [-0.2, 0) is 11.3 Å². The maximum absolute atomic E-state index is 13.5. The molecule has 1 amide bonds. The molecule has 0 unspecified atom stereocenters. The number of nitrogens with one attached hydrogen (secondary N) is 1. The molecule has 0 aromatic heterocycles. The Kier molecular flexibility index (Phi) is 5.61. The Labute approximate surface area is 132 Å². The van der Waals surface area contributed by atoms with Gasteiger partial charge in [-0.05, 0) is 42.0 Å². The lowest BCUT2D eigenvalue weighted by Crippen LogP contribution is -2.28. The van der Waals surface area contributed by atoms with Crippen molar-refractivity contribution in [1.29, 1.82) is 0 Å². The van der Waals surface area contributed by atoms with Gasteiger partial charge in [0.2, 0.25) is 0 Å². The molecule has 0 saturated carbocycles. The van der Waals surface area contributed by atoms with Crippen molar-refractivity contribution in [1.82, 2.24) is 5.32 Å². The van der Waals surface area contributed by atoms with Crippen LogP contribution < -0.4 is 14.8 Å². The fourth-order valence-electron chi connectivity index (χ4n) is 1.75. The van der Waals surface area contributed by atoms with Crippen LogP contribution in [0.4, 0.5) is 4.39 Å². The number of methoxy groups -OCH3 is 1. The Morgan fingerprint density at radius 1 is 1.23 bits per heavy atom. The predicted octanol–water partition coefficient (Wildman–Crippen LogP) is 3.18. The number of ether oxygens (including phenoxy) is 2. The molecule has 0 saturated heterocycles. The second kappa shape index (κ2) is 7.66. The Bertz CT molecular complexity index is 646. The number of hydrogen-bond acceptors (Lipinski definition) is 3. The highest BCUT2D eigenvalue weighted by atomic mass is 35.5. The van der Waals surface area contributed by atoms with Gasteiger partial charge in [0, 0.05) is 11.6 Å².